The smallest absolute Gasteiger partial charge is 0.208 e. The first-order valence-electron chi connectivity index (χ1n) is 7.56. The summed E-state index contributed by atoms with van der Waals surface area (Å²) in [6.07, 6.45) is 3.46. The molecule has 0 bridgehead atoms. The largest absolute Gasteiger partial charge is 0.298 e. The van der Waals surface area contributed by atoms with Crippen molar-refractivity contribution in [1.82, 2.24) is 9.62 Å². The lowest BCUT2D eigenvalue weighted by molar-refractivity contribution is 0.319. The van der Waals surface area contributed by atoms with Crippen molar-refractivity contribution in [2.45, 2.75) is 33.2 Å². The maximum atomic E-state index is 11.1. The predicted octanol–water partition coefficient (Wildman–Crippen LogP) is 2.32. The van der Waals surface area contributed by atoms with Crippen LogP contribution in [0.1, 0.15) is 30.0 Å². The molecule has 1 aromatic heterocycles. The Morgan fingerprint density at radius 1 is 1.38 bits per heavy atom. The number of nitrogens with one attached hydrogen (secondary N) is 1. The topological polar surface area (TPSA) is 49.4 Å². The van der Waals surface area contributed by atoms with Gasteiger partial charge >= 0.3 is 0 Å². The molecule has 1 fully saturated rings. The highest BCUT2D eigenvalue weighted by Crippen LogP contribution is 2.24. The lowest BCUT2D eigenvalue weighted by atomic mass is 10.1. The summed E-state index contributed by atoms with van der Waals surface area (Å²) in [6, 6.07) is 4.49. The first-order valence-corrected chi connectivity index (χ1v) is 10.3. The number of likely N-dealkylation sites (tertiary alicyclic amines) is 1. The Morgan fingerprint density at radius 3 is 2.76 bits per heavy atom. The van der Waals surface area contributed by atoms with Crippen molar-refractivity contribution < 1.29 is 8.42 Å². The van der Waals surface area contributed by atoms with Crippen LogP contribution in [0.25, 0.3) is 0 Å². The molecule has 0 unspecified atom stereocenters. The third-order valence-electron chi connectivity index (χ3n) is 3.71. The summed E-state index contributed by atoms with van der Waals surface area (Å²) in [5.74, 6) is 1.14. The van der Waals surface area contributed by atoms with Gasteiger partial charge in [0.25, 0.3) is 0 Å². The summed E-state index contributed by atoms with van der Waals surface area (Å²) in [5, 5.41) is 0. The summed E-state index contributed by atoms with van der Waals surface area (Å²) < 4.78 is 24.9. The summed E-state index contributed by atoms with van der Waals surface area (Å²) in [4.78, 5) is 5.32. The first-order chi connectivity index (χ1) is 9.82. The second-order valence-electron chi connectivity index (χ2n) is 6.48. The van der Waals surface area contributed by atoms with Gasteiger partial charge in [-0.1, -0.05) is 13.8 Å². The van der Waals surface area contributed by atoms with Crippen LogP contribution in [0.15, 0.2) is 12.1 Å². The fourth-order valence-electron chi connectivity index (χ4n) is 2.73. The summed E-state index contributed by atoms with van der Waals surface area (Å²) >= 11 is 1.91. The molecule has 2 heterocycles. The second-order valence-corrected chi connectivity index (χ2v) is 9.56. The molecule has 1 N–H and O–H groups in total. The third-order valence-corrected chi connectivity index (χ3v) is 5.49. The molecule has 6 heteroatoms. The van der Waals surface area contributed by atoms with E-state index in [4.69, 9.17) is 0 Å². The fourth-order valence-corrected chi connectivity index (χ4v) is 4.54. The average molecular weight is 331 g/mol. The highest BCUT2D eigenvalue weighted by molar-refractivity contribution is 7.88. The van der Waals surface area contributed by atoms with Gasteiger partial charge in [0.2, 0.25) is 10.0 Å². The highest BCUT2D eigenvalue weighted by Gasteiger charge is 2.23. The molecule has 1 saturated heterocycles. The molecule has 0 radical (unpaired) electrons. The van der Waals surface area contributed by atoms with E-state index in [1.165, 1.54) is 16.0 Å². The molecule has 0 aromatic carbocycles. The minimum absolute atomic E-state index is 0.440. The number of nitrogens with zero attached hydrogens (tertiary/aromatic N) is 1. The van der Waals surface area contributed by atoms with Crippen LogP contribution in [0.4, 0.5) is 0 Å². The van der Waals surface area contributed by atoms with Crippen molar-refractivity contribution in [2.75, 3.05) is 25.9 Å². The van der Waals surface area contributed by atoms with Gasteiger partial charge in [0.15, 0.2) is 0 Å². The van der Waals surface area contributed by atoms with Crippen LogP contribution in [0.3, 0.4) is 0 Å². The van der Waals surface area contributed by atoms with Gasteiger partial charge in [-0.3, -0.25) is 4.90 Å². The summed E-state index contributed by atoms with van der Waals surface area (Å²) in [7, 11) is -3.06. The lowest BCUT2D eigenvalue weighted by Crippen LogP contribution is -2.30. The van der Waals surface area contributed by atoms with Crippen LogP contribution >= 0.6 is 11.3 Å². The molecule has 0 amide bonds. The fraction of sp³-hybridized carbons (Fsp3) is 0.733. The number of hydrogen-bond acceptors (Lipinski definition) is 4. The average Bonchev–Trinajstić information content (AvgIpc) is 2.95. The number of thiophene rings is 1. The van der Waals surface area contributed by atoms with E-state index in [9.17, 15) is 8.42 Å². The van der Waals surface area contributed by atoms with E-state index in [0.717, 1.165) is 32.5 Å². The van der Waals surface area contributed by atoms with E-state index in [-0.39, 0.29) is 0 Å². The van der Waals surface area contributed by atoms with Gasteiger partial charge < -0.3 is 0 Å². The van der Waals surface area contributed by atoms with E-state index >= 15 is 0 Å². The third kappa shape index (κ3) is 6.06. The van der Waals surface area contributed by atoms with Crippen molar-refractivity contribution >= 4 is 21.4 Å². The van der Waals surface area contributed by atoms with Gasteiger partial charge in [0.1, 0.15) is 0 Å². The Morgan fingerprint density at radius 2 is 2.10 bits per heavy atom. The van der Waals surface area contributed by atoms with Crippen molar-refractivity contribution in [3.63, 3.8) is 0 Å². The Balaban J connectivity index is 1.78. The van der Waals surface area contributed by atoms with Gasteiger partial charge in [0.05, 0.1) is 6.26 Å². The van der Waals surface area contributed by atoms with E-state index in [1.54, 1.807) is 0 Å². The standard InChI is InChI=1S/C15H26N2O2S2/c1-12(2)8-14-4-5-15(20-14)11-17-7-6-13(10-17)9-16-21(3,18)19/h4-5,12-13,16H,6-11H2,1-3H3/t13-/m1/s1. The Labute approximate surface area is 132 Å². The molecule has 0 aliphatic carbocycles. The van der Waals surface area contributed by atoms with Gasteiger partial charge in [-0.2, -0.15) is 0 Å². The second kappa shape index (κ2) is 7.22. The molecule has 1 aliphatic heterocycles. The highest BCUT2D eigenvalue weighted by atomic mass is 32.2. The normalized spacial score (nSPS) is 20.5. The molecule has 1 aliphatic rings. The molecule has 1 atom stereocenters. The zero-order chi connectivity index (χ0) is 15.5. The van der Waals surface area contributed by atoms with Crippen LogP contribution in [0.5, 0.6) is 0 Å². The summed E-state index contributed by atoms with van der Waals surface area (Å²) in [5.41, 5.74) is 0. The van der Waals surface area contributed by atoms with Crippen molar-refractivity contribution in [2.24, 2.45) is 11.8 Å². The van der Waals surface area contributed by atoms with Crippen molar-refractivity contribution in [1.29, 1.82) is 0 Å². The van der Waals surface area contributed by atoms with E-state index < -0.39 is 10.0 Å². The number of sulfonamides is 1. The Bertz CT molecular complexity index is 552. The van der Waals surface area contributed by atoms with E-state index in [0.29, 0.717) is 18.4 Å². The molecule has 0 saturated carbocycles. The van der Waals surface area contributed by atoms with Crippen LogP contribution in [-0.4, -0.2) is 39.2 Å². The van der Waals surface area contributed by atoms with Crippen LogP contribution in [-0.2, 0) is 23.0 Å². The predicted molar refractivity (Wildman–Crippen MR) is 89.1 cm³/mol. The Kier molecular flexibility index (Phi) is 5.82. The minimum Gasteiger partial charge on any atom is -0.298 e. The van der Waals surface area contributed by atoms with E-state index in [2.05, 4.69) is 35.6 Å². The van der Waals surface area contributed by atoms with Crippen LogP contribution < -0.4 is 4.72 Å². The minimum atomic E-state index is -3.06. The van der Waals surface area contributed by atoms with E-state index in [1.807, 2.05) is 11.3 Å². The molecule has 1 aromatic rings. The number of rotatable bonds is 7. The Hall–Kier alpha value is -0.430. The molecular weight excluding hydrogens is 304 g/mol. The van der Waals surface area contributed by atoms with Crippen LogP contribution in [0.2, 0.25) is 0 Å². The van der Waals surface area contributed by atoms with Gasteiger partial charge in [-0.05, 0) is 43.4 Å². The molecule has 120 valence electrons. The lowest BCUT2D eigenvalue weighted by Gasteiger charge is -2.15. The maximum absolute atomic E-state index is 11.1. The van der Waals surface area contributed by atoms with Crippen molar-refractivity contribution in [3.8, 4) is 0 Å². The molecule has 2 rings (SSSR count). The summed E-state index contributed by atoms with van der Waals surface area (Å²) in [6.45, 7) is 8.11. The van der Waals surface area contributed by atoms with Crippen molar-refractivity contribution in [3.05, 3.63) is 21.9 Å². The number of hydrogen-bond donors (Lipinski definition) is 1. The van der Waals surface area contributed by atoms with Gasteiger partial charge in [-0.25, -0.2) is 13.1 Å². The zero-order valence-electron chi connectivity index (χ0n) is 13.1. The first kappa shape index (κ1) is 16.9. The SMILES string of the molecule is CC(C)Cc1ccc(CN2CC[C@H](CNS(C)(=O)=O)C2)s1. The molecular formula is C15H26N2O2S2. The van der Waals surface area contributed by atoms with Gasteiger partial charge in [-0.15, -0.1) is 11.3 Å². The molecule has 21 heavy (non-hydrogen) atoms. The van der Waals surface area contributed by atoms with Crippen LogP contribution in [0, 0.1) is 11.8 Å². The monoisotopic (exact) mass is 330 g/mol. The zero-order valence-corrected chi connectivity index (χ0v) is 14.8. The van der Waals surface area contributed by atoms with Gasteiger partial charge in [0, 0.05) is 29.4 Å². The molecule has 0 spiro atoms. The quantitative estimate of drug-likeness (QED) is 0.835. The maximum Gasteiger partial charge on any atom is 0.208 e. The molecule has 4 nitrogen and oxygen atoms in total.